The quantitative estimate of drug-likeness (QED) is 0.243. The highest BCUT2D eigenvalue weighted by Gasteiger charge is 2.34. The Balaban J connectivity index is 2.10. The van der Waals surface area contributed by atoms with Gasteiger partial charge in [-0.15, -0.1) is 0 Å². The Kier molecular flexibility index (Phi) is 12.2. The Morgan fingerprint density at radius 2 is 1.53 bits per heavy atom. The van der Waals surface area contributed by atoms with Crippen molar-refractivity contribution in [3.05, 3.63) is 83.9 Å². The van der Waals surface area contributed by atoms with E-state index in [1.165, 1.54) is 25.2 Å². The molecule has 0 spiro atoms. The molecular weight excluding hydrogens is 570 g/mol. The molecule has 0 aromatic heterocycles. The monoisotopic (exact) mass is 611 g/mol. The van der Waals surface area contributed by atoms with Gasteiger partial charge in [-0.05, 0) is 41.8 Å². The highest BCUT2D eigenvalue weighted by molar-refractivity contribution is 7.92. The summed E-state index contributed by atoms with van der Waals surface area (Å²) < 4.78 is 43.4. The molecule has 0 bridgehead atoms. The van der Waals surface area contributed by atoms with Crippen molar-refractivity contribution >= 4 is 27.5 Å². The normalized spacial score (nSPS) is 11.7. The number of ether oxygens (including phenoxy) is 3. The van der Waals surface area contributed by atoms with Crippen molar-refractivity contribution in [2.24, 2.45) is 0 Å². The number of methoxy groups -OCH3 is 3. The molecule has 3 rings (SSSR count). The molecule has 0 unspecified atom stereocenters. The molecule has 2 amide bonds. The van der Waals surface area contributed by atoms with Crippen LogP contribution >= 0.6 is 0 Å². The topological polar surface area (TPSA) is 114 Å². The number of carbonyl (C=O) groups excluding carboxylic acids is 2. The second-order valence-electron chi connectivity index (χ2n) is 10.0. The van der Waals surface area contributed by atoms with Crippen LogP contribution < -0.4 is 23.8 Å². The highest BCUT2D eigenvalue weighted by Crippen LogP contribution is 2.34. The maximum Gasteiger partial charge on any atom is 0.244 e. The zero-order chi connectivity index (χ0) is 31.4. The van der Waals surface area contributed by atoms with E-state index in [-0.39, 0.29) is 30.3 Å². The van der Waals surface area contributed by atoms with E-state index in [1.54, 1.807) is 37.4 Å². The van der Waals surface area contributed by atoms with E-state index < -0.39 is 28.5 Å². The summed E-state index contributed by atoms with van der Waals surface area (Å²) >= 11 is 0. The van der Waals surface area contributed by atoms with Gasteiger partial charge in [0.05, 0.1) is 33.3 Å². The van der Waals surface area contributed by atoms with Gasteiger partial charge in [-0.3, -0.25) is 13.9 Å². The Morgan fingerprint density at radius 1 is 0.860 bits per heavy atom. The largest absolute Gasteiger partial charge is 0.497 e. The minimum Gasteiger partial charge on any atom is -0.497 e. The van der Waals surface area contributed by atoms with Crippen molar-refractivity contribution in [1.82, 2.24) is 10.2 Å². The summed E-state index contributed by atoms with van der Waals surface area (Å²) in [7, 11) is 0.445. The Labute approximate surface area is 254 Å². The van der Waals surface area contributed by atoms with Crippen LogP contribution in [0.2, 0.25) is 0 Å². The number of benzene rings is 3. The Bertz CT molecular complexity index is 1460. The predicted molar refractivity (Wildman–Crippen MR) is 167 cm³/mol. The summed E-state index contributed by atoms with van der Waals surface area (Å²) in [4.78, 5) is 29.4. The average Bonchev–Trinajstić information content (AvgIpc) is 3.01. The summed E-state index contributed by atoms with van der Waals surface area (Å²) in [5.41, 5.74) is 1.72. The zero-order valence-electron chi connectivity index (χ0n) is 25.4. The first-order valence-electron chi connectivity index (χ1n) is 14.0. The molecule has 0 saturated carbocycles. The molecule has 0 aliphatic carbocycles. The third-order valence-electron chi connectivity index (χ3n) is 6.92. The van der Waals surface area contributed by atoms with Gasteiger partial charge in [0.2, 0.25) is 21.8 Å². The summed E-state index contributed by atoms with van der Waals surface area (Å²) in [5.74, 6) is 0.345. The number of carbonyl (C=O) groups is 2. The number of sulfonamides is 1. The lowest BCUT2D eigenvalue weighted by molar-refractivity contribution is -0.140. The smallest absolute Gasteiger partial charge is 0.244 e. The van der Waals surface area contributed by atoms with Crippen LogP contribution in [0.5, 0.6) is 17.2 Å². The van der Waals surface area contributed by atoms with Gasteiger partial charge in [-0.25, -0.2) is 8.42 Å². The molecule has 232 valence electrons. The van der Waals surface area contributed by atoms with Crippen molar-refractivity contribution in [2.45, 2.75) is 38.8 Å². The molecule has 0 aliphatic rings. The number of unbranched alkanes of at least 4 members (excludes halogenated alkanes) is 1. The van der Waals surface area contributed by atoms with Crippen molar-refractivity contribution < 1.29 is 32.2 Å². The van der Waals surface area contributed by atoms with E-state index in [2.05, 4.69) is 5.32 Å². The number of nitrogens with one attached hydrogen (secondary N) is 1. The molecule has 3 aromatic rings. The fourth-order valence-electron chi connectivity index (χ4n) is 4.61. The third kappa shape index (κ3) is 9.37. The van der Waals surface area contributed by atoms with Gasteiger partial charge in [0.25, 0.3) is 0 Å². The Morgan fingerprint density at radius 3 is 2.16 bits per heavy atom. The number of amides is 2. The van der Waals surface area contributed by atoms with Crippen LogP contribution in [0.3, 0.4) is 0 Å². The number of nitrogens with zero attached hydrogens (tertiary/aromatic N) is 2. The molecule has 0 saturated heterocycles. The Hall–Kier alpha value is -4.25. The molecular formula is C32H41N3O7S. The third-order valence-corrected chi connectivity index (χ3v) is 8.05. The minimum atomic E-state index is -3.98. The van der Waals surface area contributed by atoms with Gasteiger partial charge in [0.15, 0.2) is 0 Å². The van der Waals surface area contributed by atoms with Gasteiger partial charge in [-0.2, -0.15) is 0 Å². The van der Waals surface area contributed by atoms with E-state index >= 15 is 0 Å². The molecule has 0 heterocycles. The first-order chi connectivity index (χ1) is 20.6. The maximum atomic E-state index is 14.3. The SMILES string of the molecule is CCCCNC(=O)[C@@H](Cc1ccccc1)N(Cc1cccc(OC)c1)C(=O)CN(c1cc(OC)ccc1OC)S(C)(=O)=O. The summed E-state index contributed by atoms with van der Waals surface area (Å²) in [6.45, 7) is 1.96. The molecule has 10 nitrogen and oxygen atoms in total. The second kappa shape index (κ2) is 15.8. The zero-order valence-corrected chi connectivity index (χ0v) is 26.2. The van der Waals surface area contributed by atoms with Crippen molar-refractivity contribution in [3.63, 3.8) is 0 Å². The van der Waals surface area contributed by atoms with Gasteiger partial charge in [0, 0.05) is 25.6 Å². The maximum absolute atomic E-state index is 14.3. The summed E-state index contributed by atoms with van der Waals surface area (Å²) in [6, 6.07) is 20.4. The highest BCUT2D eigenvalue weighted by atomic mass is 32.2. The van der Waals surface area contributed by atoms with Crippen LogP contribution in [0.1, 0.15) is 30.9 Å². The minimum absolute atomic E-state index is 0.0432. The average molecular weight is 612 g/mol. The van der Waals surface area contributed by atoms with Crippen LogP contribution in [0.15, 0.2) is 72.8 Å². The first-order valence-corrected chi connectivity index (χ1v) is 15.9. The molecule has 0 aliphatic heterocycles. The fraction of sp³-hybridized carbons (Fsp3) is 0.375. The molecule has 0 fully saturated rings. The standard InChI is InChI=1S/C32H41N3O7S/c1-6-7-18-33-32(37)29(20-24-12-9-8-10-13-24)34(22-25-14-11-15-26(19-25)40-2)31(36)23-35(43(5,38)39)28-21-27(41-3)16-17-30(28)42-4/h8-17,19,21,29H,6-7,18,20,22-23H2,1-5H3,(H,33,37)/t29-/m1/s1. The van der Waals surface area contributed by atoms with Crippen LogP contribution in [0, 0.1) is 0 Å². The van der Waals surface area contributed by atoms with E-state index in [4.69, 9.17) is 14.2 Å². The number of rotatable bonds is 16. The summed E-state index contributed by atoms with van der Waals surface area (Å²) in [6.07, 6.45) is 2.92. The molecule has 0 radical (unpaired) electrons. The fourth-order valence-corrected chi connectivity index (χ4v) is 5.46. The van der Waals surface area contributed by atoms with E-state index in [0.29, 0.717) is 18.0 Å². The predicted octanol–water partition coefficient (Wildman–Crippen LogP) is 4.03. The van der Waals surface area contributed by atoms with E-state index in [1.807, 2.05) is 43.3 Å². The number of hydrogen-bond donors (Lipinski definition) is 1. The number of hydrogen-bond acceptors (Lipinski definition) is 7. The molecule has 3 aromatic carbocycles. The molecule has 1 atom stereocenters. The summed E-state index contributed by atoms with van der Waals surface area (Å²) in [5, 5.41) is 2.97. The van der Waals surface area contributed by atoms with Crippen LogP contribution in [-0.2, 0) is 32.6 Å². The van der Waals surface area contributed by atoms with Crippen molar-refractivity contribution in [1.29, 1.82) is 0 Å². The molecule has 11 heteroatoms. The first kappa shape index (κ1) is 33.3. The van der Waals surface area contributed by atoms with Crippen LogP contribution in [0.25, 0.3) is 0 Å². The lowest BCUT2D eigenvalue weighted by atomic mass is 10.0. The second-order valence-corrected chi connectivity index (χ2v) is 11.9. The molecule has 43 heavy (non-hydrogen) atoms. The number of anilines is 1. The van der Waals surface area contributed by atoms with Crippen molar-refractivity contribution in [3.8, 4) is 17.2 Å². The van der Waals surface area contributed by atoms with Gasteiger partial charge >= 0.3 is 0 Å². The van der Waals surface area contributed by atoms with Crippen LogP contribution in [-0.4, -0.2) is 71.8 Å². The van der Waals surface area contributed by atoms with Gasteiger partial charge in [-0.1, -0.05) is 55.8 Å². The van der Waals surface area contributed by atoms with E-state index in [0.717, 1.165) is 34.5 Å². The van der Waals surface area contributed by atoms with Gasteiger partial charge < -0.3 is 24.4 Å². The lowest BCUT2D eigenvalue weighted by Crippen LogP contribution is -2.53. The van der Waals surface area contributed by atoms with Gasteiger partial charge in [0.1, 0.15) is 29.8 Å². The van der Waals surface area contributed by atoms with Crippen molar-refractivity contribution in [2.75, 3.05) is 45.0 Å². The molecule has 1 N–H and O–H groups in total. The lowest BCUT2D eigenvalue weighted by Gasteiger charge is -2.34. The van der Waals surface area contributed by atoms with Crippen LogP contribution in [0.4, 0.5) is 5.69 Å². The van der Waals surface area contributed by atoms with E-state index in [9.17, 15) is 18.0 Å².